The number of phenolic OH excluding ortho intramolecular Hbond substituents is 1. The Balaban J connectivity index is 1.66. The summed E-state index contributed by atoms with van der Waals surface area (Å²) in [5.74, 6) is 0.335. The molecule has 1 aliphatic rings. The number of rotatable bonds is 8. The third-order valence-corrected chi connectivity index (χ3v) is 5.86. The maximum atomic E-state index is 12.7. The lowest BCUT2D eigenvalue weighted by atomic mass is 9.93. The van der Waals surface area contributed by atoms with Crippen LogP contribution in [0.2, 0.25) is 0 Å². The first kappa shape index (κ1) is 21.3. The summed E-state index contributed by atoms with van der Waals surface area (Å²) in [6.45, 7) is 7.65. The number of likely N-dealkylation sites (N-methyl/N-ethyl adjacent to an activating group) is 1. The van der Waals surface area contributed by atoms with Crippen molar-refractivity contribution in [3.63, 3.8) is 0 Å². The van der Waals surface area contributed by atoms with Crippen molar-refractivity contribution >= 4 is 5.91 Å². The van der Waals surface area contributed by atoms with Crippen LogP contribution in [0.5, 0.6) is 5.75 Å². The molecule has 0 aromatic heterocycles. The Morgan fingerprint density at radius 2 is 1.93 bits per heavy atom. The third-order valence-electron chi connectivity index (χ3n) is 5.86. The van der Waals surface area contributed by atoms with E-state index in [1.165, 1.54) is 5.56 Å². The van der Waals surface area contributed by atoms with E-state index in [0.717, 1.165) is 49.2 Å². The minimum atomic E-state index is -0.0108. The Kier molecular flexibility index (Phi) is 6.60. The van der Waals surface area contributed by atoms with E-state index in [1.807, 2.05) is 38.4 Å². The number of aryl methyl sites for hydroxylation is 1. The van der Waals surface area contributed by atoms with Gasteiger partial charge in [-0.3, -0.25) is 9.69 Å². The number of aromatic hydroxyl groups is 1. The molecule has 1 amide bonds. The van der Waals surface area contributed by atoms with Crippen LogP contribution in [0.25, 0.3) is 0 Å². The van der Waals surface area contributed by atoms with Gasteiger partial charge in [0.25, 0.3) is 5.91 Å². The Morgan fingerprint density at radius 3 is 2.66 bits per heavy atom. The van der Waals surface area contributed by atoms with Crippen molar-refractivity contribution in [2.24, 2.45) is 0 Å². The van der Waals surface area contributed by atoms with Crippen molar-refractivity contribution in [2.45, 2.75) is 45.3 Å². The van der Waals surface area contributed by atoms with Gasteiger partial charge in [0.2, 0.25) is 0 Å². The zero-order valence-electron chi connectivity index (χ0n) is 18.0. The van der Waals surface area contributed by atoms with E-state index in [2.05, 4.69) is 41.1 Å². The zero-order valence-corrected chi connectivity index (χ0v) is 18.0. The molecule has 0 saturated carbocycles. The van der Waals surface area contributed by atoms with Gasteiger partial charge in [0.15, 0.2) is 0 Å². The predicted molar refractivity (Wildman–Crippen MR) is 117 cm³/mol. The summed E-state index contributed by atoms with van der Waals surface area (Å²) < 4.78 is 0. The zero-order chi connectivity index (χ0) is 21.0. The number of carbonyl (C=O) groups is 1. The molecule has 0 saturated heterocycles. The molecular weight excluding hydrogens is 362 g/mol. The largest absolute Gasteiger partial charge is 0.508 e. The number of fused-ring (bicyclic) bond motifs is 1. The minimum absolute atomic E-state index is 0.0108. The lowest BCUT2D eigenvalue weighted by molar-refractivity contribution is 0.0942. The molecule has 0 spiro atoms. The number of carbonyl (C=O) groups excluding carboxylic acids is 1. The van der Waals surface area contributed by atoms with E-state index in [-0.39, 0.29) is 11.4 Å². The van der Waals surface area contributed by atoms with Crippen LogP contribution in [0.15, 0.2) is 42.5 Å². The molecule has 5 heteroatoms. The molecule has 3 rings (SSSR count). The van der Waals surface area contributed by atoms with Crippen LogP contribution in [0.1, 0.15) is 47.3 Å². The maximum Gasteiger partial charge on any atom is 0.251 e. The average Bonchev–Trinajstić information content (AvgIpc) is 3.11. The molecule has 1 heterocycles. The van der Waals surface area contributed by atoms with Gasteiger partial charge < -0.3 is 15.3 Å². The first-order chi connectivity index (χ1) is 13.8. The predicted octanol–water partition coefficient (Wildman–Crippen LogP) is 3.41. The lowest BCUT2D eigenvalue weighted by Gasteiger charge is -2.35. The van der Waals surface area contributed by atoms with Crippen LogP contribution in [0.3, 0.4) is 0 Å². The molecule has 0 bridgehead atoms. The summed E-state index contributed by atoms with van der Waals surface area (Å²) in [5.41, 5.74) is 4.34. The Morgan fingerprint density at radius 1 is 1.17 bits per heavy atom. The molecule has 2 N–H and O–H groups in total. The quantitative estimate of drug-likeness (QED) is 0.719. The normalized spacial score (nSPS) is 14.2. The first-order valence-electron chi connectivity index (χ1n) is 10.3. The molecular formula is C24H33N3O2. The molecule has 2 aromatic carbocycles. The summed E-state index contributed by atoms with van der Waals surface area (Å²) >= 11 is 0. The fourth-order valence-electron chi connectivity index (χ4n) is 3.87. The first-order valence-corrected chi connectivity index (χ1v) is 10.3. The summed E-state index contributed by atoms with van der Waals surface area (Å²) in [5, 5.41) is 12.7. The highest BCUT2D eigenvalue weighted by Gasteiger charge is 2.33. The number of hydrogen-bond donors (Lipinski definition) is 2. The van der Waals surface area contributed by atoms with Crippen molar-refractivity contribution in [1.29, 1.82) is 0 Å². The van der Waals surface area contributed by atoms with Crippen molar-refractivity contribution in [2.75, 3.05) is 27.2 Å². The van der Waals surface area contributed by atoms with Gasteiger partial charge in [0.05, 0.1) is 0 Å². The van der Waals surface area contributed by atoms with Crippen LogP contribution >= 0.6 is 0 Å². The van der Waals surface area contributed by atoms with E-state index in [0.29, 0.717) is 12.3 Å². The SMILES string of the molecule is CN(C)CCNC(=O)c1cccc2c1CN(C(C)(C)CCc1cccc(O)c1)C2. The average molecular weight is 396 g/mol. The highest BCUT2D eigenvalue weighted by Crippen LogP contribution is 2.33. The second-order valence-electron chi connectivity index (χ2n) is 8.84. The van der Waals surface area contributed by atoms with Crippen molar-refractivity contribution in [3.05, 3.63) is 64.7 Å². The van der Waals surface area contributed by atoms with Crippen molar-refractivity contribution < 1.29 is 9.90 Å². The van der Waals surface area contributed by atoms with Gasteiger partial charge in [-0.25, -0.2) is 0 Å². The Bertz CT molecular complexity index is 861. The van der Waals surface area contributed by atoms with Crippen molar-refractivity contribution in [1.82, 2.24) is 15.1 Å². The standard InChI is InChI=1S/C24H33N3O2/c1-24(2,12-11-18-7-5-9-20(28)15-18)27-16-19-8-6-10-21(22(19)17-27)23(29)25-13-14-26(3)4/h5-10,15,28H,11-14,16-17H2,1-4H3,(H,25,29). The molecule has 0 aliphatic carbocycles. The van der Waals surface area contributed by atoms with E-state index in [9.17, 15) is 9.90 Å². The van der Waals surface area contributed by atoms with E-state index in [1.54, 1.807) is 6.07 Å². The molecule has 1 aliphatic heterocycles. The van der Waals surface area contributed by atoms with Gasteiger partial charge in [-0.1, -0.05) is 24.3 Å². The molecule has 0 radical (unpaired) electrons. The molecule has 0 fully saturated rings. The second kappa shape index (κ2) is 8.97. The fourth-order valence-corrected chi connectivity index (χ4v) is 3.87. The van der Waals surface area contributed by atoms with Gasteiger partial charge in [0.1, 0.15) is 5.75 Å². The van der Waals surface area contributed by atoms with Crippen LogP contribution in [-0.4, -0.2) is 53.5 Å². The summed E-state index contributed by atoms with van der Waals surface area (Å²) in [7, 11) is 4.01. The second-order valence-corrected chi connectivity index (χ2v) is 8.84. The van der Waals surface area contributed by atoms with Crippen molar-refractivity contribution in [3.8, 4) is 5.75 Å². The number of nitrogens with zero attached hydrogens (tertiary/aromatic N) is 2. The van der Waals surface area contributed by atoms with Gasteiger partial charge >= 0.3 is 0 Å². The van der Waals surface area contributed by atoms with Gasteiger partial charge in [-0.2, -0.15) is 0 Å². The monoisotopic (exact) mass is 395 g/mol. The summed E-state index contributed by atoms with van der Waals surface area (Å²) in [6.07, 6.45) is 1.89. The molecule has 0 atom stereocenters. The highest BCUT2D eigenvalue weighted by atomic mass is 16.3. The molecule has 0 unspecified atom stereocenters. The van der Waals surface area contributed by atoms with E-state index < -0.39 is 0 Å². The number of hydrogen-bond acceptors (Lipinski definition) is 4. The summed E-state index contributed by atoms with van der Waals surface area (Å²) in [4.78, 5) is 17.2. The van der Waals surface area contributed by atoms with E-state index >= 15 is 0 Å². The molecule has 5 nitrogen and oxygen atoms in total. The number of phenols is 1. The van der Waals surface area contributed by atoms with Crippen LogP contribution in [-0.2, 0) is 19.5 Å². The smallest absolute Gasteiger partial charge is 0.251 e. The van der Waals surface area contributed by atoms with E-state index in [4.69, 9.17) is 0 Å². The molecule has 156 valence electrons. The fraction of sp³-hybridized carbons (Fsp3) is 0.458. The Hall–Kier alpha value is -2.37. The Labute approximate surface area is 174 Å². The highest BCUT2D eigenvalue weighted by molar-refractivity contribution is 5.96. The number of amides is 1. The van der Waals surface area contributed by atoms with Gasteiger partial charge in [-0.05, 0) is 75.7 Å². The molecule has 2 aromatic rings. The number of nitrogens with one attached hydrogen (secondary N) is 1. The topological polar surface area (TPSA) is 55.8 Å². The third kappa shape index (κ3) is 5.37. The van der Waals surface area contributed by atoms with Crippen LogP contribution in [0.4, 0.5) is 0 Å². The summed E-state index contributed by atoms with van der Waals surface area (Å²) in [6, 6.07) is 13.6. The van der Waals surface area contributed by atoms with Gasteiger partial charge in [0, 0.05) is 37.3 Å². The van der Waals surface area contributed by atoms with Crippen LogP contribution in [0, 0.1) is 0 Å². The maximum absolute atomic E-state index is 12.7. The molecule has 29 heavy (non-hydrogen) atoms. The number of benzene rings is 2. The van der Waals surface area contributed by atoms with Crippen LogP contribution < -0.4 is 5.32 Å². The lowest BCUT2D eigenvalue weighted by Crippen LogP contribution is -2.40. The van der Waals surface area contributed by atoms with Gasteiger partial charge in [-0.15, -0.1) is 0 Å². The minimum Gasteiger partial charge on any atom is -0.508 e.